The number of aryl methyl sites for hydroxylation is 1. The first-order valence-corrected chi connectivity index (χ1v) is 6.28. The van der Waals surface area contributed by atoms with E-state index in [1.807, 2.05) is 42.9 Å². The lowest BCUT2D eigenvalue weighted by atomic mass is 10.1. The van der Waals surface area contributed by atoms with E-state index in [0.29, 0.717) is 0 Å². The Hall–Kier alpha value is -1.13. The Bertz CT molecular complexity index is 546. The first-order valence-electron chi connectivity index (χ1n) is 5.49. The van der Waals surface area contributed by atoms with Crippen LogP contribution in [0.25, 0.3) is 5.69 Å². The molecule has 1 aromatic heterocycles. The van der Waals surface area contributed by atoms with Crippen LogP contribution in [-0.2, 0) is 0 Å². The maximum atomic E-state index is 9.53. The summed E-state index contributed by atoms with van der Waals surface area (Å²) in [5.74, 6) is 0. The summed E-state index contributed by atoms with van der Waals surface area (Å²) < 4.78 is 2.99. The fourth-order valence-corrected chi connectivity index (χ4v) is 2.31. The van der Waals surface area contributed by atoms with Crippen LogP contribution in [0.5, 0.6) is 0 Å². The highest BCUT2D eigenvalue weighted by Crippen LogP contribution is 2.26. The smallest absolute Gasteiger partial charge is 0.0997 e. The molecule has 0 spiro atoms. The second kappa shape index (κ2) is 4.63. The third-order valence-electron chi connectivity index (χ3n) is 2.97. The Labute approximate surface area is 109 Å². The number of halogens is 1. The summed E-state index contributed by atoms with van der Waals surface area (Å²) in [4.78, 5) is 4.28. The average Bonchev–Trinajstić information content (AvgIpc) is 2.60. The number of nitrogens with zero attached hydrogens (tertiary/aromatic N) is 2. The maximum absolute atomic E-state index is 9.53. The molecule has 0 aliphatic rings. The molecule has 0 saturated heterocycles. The van der Waals surface area contributed by atoms with E-state index >= 15 is 0 Å². The fourth-order valence-electron chi connectivity index (χ4n) is 1.72. The third kappa shape index (κ3) is 2.28. The summed E-state index contributed by atoms with van der Waals surface area (Å²) in [5, 5.41) is 9.53. The van der Waals surface area contributed by atoms with Gasteiger partial charge in [-0.2, -0.15) is 0 Å². The van der Waals surface area contributed by atoms with E-state index in [9.17, 15) is 5.11 Å². The van der Waals surface area contributed by atoms with Gasteiger partial charge in [-0.15, -0.1) is 0 Å². The zero-order chi connectivity index (χ0) is 12.6. The highest BCUT2D eigenvalue weighted by atomic mass is 79.9. The van der Waals surface area contributed by atoms with E-state index in [1.165, 1.54) is 0 Å². The minimum Gasteiger partial charge on any atom is -0.389 e. The molecule has 0 bridgehead atoms. The number of rotatable bonds is 2. The van der Waals surface area contributed by atoms with Crippen molar-refractivity contribution < 1.29 is 5.11 Å². The molecule has 3 nitrogen and oxygen atoms in total. The van der Waals surface area contributed by atoms with Crippen molar-refractivity contribution in [1.82, 2.24) is 9.55 Å². The van der Waals surface area contributed by atoms with E-state index in [2.05, 4.69) is 20.9 Å². The van der Waals surface area contributed by atoms with Crippen LogP contribution >= 0.6 is 15.9 Å². The van der Waals surface area contributed by atoms with Gasteiger partial charge in [0.15, 0.2) is 0 Å². The van der Waals surface area contributed by atoms with Crippen LogP contribution in [0.2, 0.25) is 0 Å². The lowest BCUT2D eigenvalue weighted by Crippen LogP contribution is -1.98. The molecular weight excluding hydrogens is 280 g/mol. The lowest BCUT2D eigenvalue weighted by molar-refractivity contribution is 0.199. The van der Waals surface area contributed by atoms with Crippen molar-refractivity contribution in [3.8, 4) is 5.69 Å². The highest BCUT2D eigenvalue weighted by Gasteiger charge is 2.09. The van der Waals surface area contributed by atoms with Crippen LogP contribution in [0.4, 0.5) is 0 Å². The number of aromatic nitrogens is 2. The van der Waals surface area contributed by atoms with Crippen molar-refractivity contribution in [3.05, 3.63) is 46.0 Å². The first kappa shape index (κ1) is 12.3. The van der Waals surface area contributed by atoms with Gasteiger partial charge < -0.3 is 9.67 Å². The van der Waals surface area contributed by atoms with Crippen molar-refractivity contribution in [2.75, 3.05) is 0 Å². The summed E-state index contributed by atoms with van der Waals surface area (Å²) >= 11 is 3.54. The molecule has 1 N–H and O–H groups in total. The number of benzene rings is 1. The average molecular weight is 295 g/mol. The topological polar surface area (TPSA) is 38.0 Å². The van der Waals surface area contributed by atoms with Crippen molar-refractivity contribution in [3.63, 3.8) is 0 Å². The normalized spacial score (nSPS) is 12.8. The predicted molar refractivity (Wildman–Crippen MR) is 71.4 cm³/mol. The molecule has 0 unspecified atom stereocenters. The lowest BCUT2D eigenvalue weighted by Gasteiger charge is -2.11. The van der Waals surface area contributed by atoms with Crippen LogP contribution in [0.15, 0.2) is 29.0 Å². The monoisotopic (exact) mass is 294 g/mol. The van der Waals surface area contributed by atoms with Crippen LogP contribution in [0.1, 0.15) is 30.0 Å². The zero-order valence-corrected chi connectivity index (χ0v) is 11.7. The van der Waals surface area contributed by atoms with E-state index in [4.69, 9.17) is 0 Å². The maximum Gasteiger partial charge on any atom is 0.0997 e. The van der Waals surface area contributed by atoms with Crippen LogP contribution in [-0.4, -0.2) is 14.7 Å². The minimum atomic E-state index is -0.453. The van der Waals surface area contributed by atoms with Crippen LogP contribution in [0, 0.1) is 13.8 Å². The number of aliphatic hydroxyl groups excluding tert-OH is 1. The first-order chi connectivity index (χ1) is 8.00. The molecule has 1 aromatic carbocycles. The SMILES string of the molecule is Cc1ncn(-c2ccc([C@@H](C)O)cc2Br)c1C. The molecule has 2 rings (SSSR count). The highest BCUT2D eigenvalue weighted by molar-refractivity contribution is 9.10. The number of hydrogen-bond donors (Lipinski definition) is 1. The molecule has 4 heteroatoms. The molecule has 0 fully saturated rings. The fraction of sp³-hybridized carbons (Fsp3) is 0.308. The van der Waals surface area contributed by atoms with Crippen molar-refractivity contribution >= 4 is 15.9 Å². The molecule has 0 amide bonds. The summed E-state index contributed by atoms with van der Waals surface area (Å²) in [6, 6.07) is 5.86. The molecule has 0 aliphatic heterocycles. The molecule has 0 saturated carbocycles. The Morgan fingerprint density at radius 2 is 2.06 bits per heavy atom. The molecule has 0 radical (unpaired) electrons. The van der Waals surface area contributed by atoms with Gasteiger partial charge in [-0.05, 0) is 54.4 Å². The largest absolute Gasteiger partial charge is 0.389 e. The molecule has 90 valence electrons. The van der Waals surface area contributed by atoms with Crippen LogP contribution < -0.4 is 0 Å². The van der Waals surface area contributed by atoms with E-state index in [0.717, 1.165) is 27.1 Å². The van der Waals surface area contributed by atoms with Gasteiger partial charge in [0, 0.05) is 10.2 Å². The number of aliphatic hydroxyl groups is 1. The van der Waals surface area contributed by atoms with E-state index < -0.39 is 6.10 Å². The molecule has 1 atom stereocenters. The van der Waals surface area contributed by atoms with Gasteiger partial charge in [0.2, 0.25) is 0 Å². The zero-order valence-electron chi connectivity index (χ0n) is 10.1. The van der Waals surface area contributed by atoms with Gasteiger partial charge in [0.1, 0.15) is 0 Å². The number of hydrogen-bond acceptors (Lipinski definition) is 2. The van der Waals surface area contributed by atoms with Crippen molar-refractivity contribution in [1.29, 1.82) is 0 Å². The third-order valence-corrected chi connectivity index (χ3v) is 3.60. The molecular formula is C13H15BrN2O. The van der Waals surface area contributed by atoms with Crippen molar-refractivity contribution in [2.45, 2.75) is 26.9 Å². The molecule has 1 heterocycles. The van der Waals surface area contributed by atoms with E-state index in [1.54, 1.807) is 6.92 Å². The number of imidazole rings is 1. The molecule has 17 heavy (non-hydrogen) atoms. The van der Waals surface area contributed by atoms with Gasteiger partial charge in [-0.3, -0.25) is 0 Å². The summed E-state index contributed by atoms with van der Waals surface area (Å²) in [6.07, 6.45) is 1.36. The Kier molecular flexibility index (Phi) is 3.35. The van der Waals surface area contributed by atoms with Gasteiger partial charge in [0.25, 0.3) is 0 Å². The second-order valence-corrected chi connectivity index (χ2v) is 5.03. The van der Waals surface area contributed by atoms with Gasteiger partial charge in [0.05, 0.1) is 23.8 Å². The van der Waals surface area contributed by atoms with Gasteiger partial charge in [-0.1, -0.05) is 6.07 Å². The van der Waals surface area contributed by atoms with Gasteiger partial charge in [-0.25, -0.2) is 4.98 Å². The molecule has 2 aromatic rings. The van der Waals surface area contributed by atoms with Crippen LogP contribution in [0.3, 0.4) is 0 Å². The summed E-state index contributed by atoms with van der Waals surface area (Å²) in [5.41, 5.74) is 4.08. The van der Waals surface area contributed by atoms with Crippen molar-refractivity contribution in [2.24, 2.45) is 0 Å². The van der Waals surface area contributed by atoms with Gasteiger partial charge >= 0.3 is 0 Å². The second-order valence-electron chi connectivity index (χ2n) is 4.17. The predicted octanol–water partition coefficient (Wildman–Crippen LogP) is 3.30. The molecule has 0 aliphatic carbocycles. The Morgan fingerprint density at radius 1 is 1.35 bits per heavy atom. The van der Waals surface area contributed by atoms with E-state index in [-0.39, 0.29) is 0 Å². The minimum absolute atomic E-state index is 0.453. The Morgan fingerprint density at radius 3 is 2.53 bits per heavy atom. The summed E-state index contributed by atoms with van der Waals surface area (Å²) in [7, 11) is 0. The standard InChI is InChI=1S/C13H15BrN2O/c1-8-9(2)16(7-15-8)13-5-4-11(10(3)17)6-12(13)14/h4-7,10,17H,1-3H3/t10-/m1/s1. The quantitative estimate of drug-likeness (QED) is 0.923. The summed E-state index contributed by atoms with van der Waals surface area (Å²) in [6.45, 7) is 5.79. The Balaban J connectivity index is 2.50.